The molecule has 19 aromatic carbocycles. The summed E-state index contributed by atoms with van der Waals surface area (Å²) in [5.41, 5.74) is 34.6. The van der Waals surface area contributed by atoms with Crippen molar-refractivity contribution >= 4 is 121 Å². The molecule has 0 atom stereocenters. The summed E-state index contributed by atoms with van der Waals surface area (Å²) in [4.78, 5) is 4.68. The molecule has 3 aliphatic rings. The lowest BCUT2D eigenvalue weighted by Crippen LogP contribution is -2.16. The van der Waals surface area contributed by atoms with Gasteiger partial charge in [0.05, 0.1) is 22.1 Å². The quantitative estimate of drug-likeness (QED) is 0.127. The summed E-state index contributed by atoms with van der Waals surface area (Å²) in [7, 11) is 0. The minimum atomic E-state index is -0.0750. The van der Waals surface area contributed by atoms with Crippen LogP contribution in [0.15, 0.2) is 400 Å². The highest BCUT2D eigenvalue weighted by atomic mass is 15.1. The van der Waals surface area contributed by atoms with Crippen molar-refractivity contribution in [3.8, 4) is 89.3 Å². The molecule has 0 unspecified atom stereocenters. The molecule has 0 aliphatic heterocycles. The van der Waals surface area contributed by atoms with Gasteiger partial charge in [0.2, 0.25) is 0 Å². The van der Waals surface area contributed by atoms with Crippen molar-refractivity contribution in [2.75, 3.05) is 9.80 Å². The Hall–Kier alpha value is -14.6. The molecule has 3 aliphatic carbocycles. The first-order valence-corrected chi connectivity index (χ1v) is 39.3. The van der Waals surface area contributed by atoms with Crippen molar-refractivity contribution in [3.05, 3.63) is 412 Å². The van der Waals surface area contributed by atoms with Crippen LogP contribution in [0.5, 0.6) is 0 Å². The fourth-order valence-corrected chi connectivity index (χ4v) is 19.5. The van der Waals surface area contributed by atoms with Crippen molar-refractivity contribution < 1.29 is 0 Å². The first-order chi connectivity index (χ1) is 55.8. The summed E-state index contributed by atoms with van der Waals surface area (Å²) < 4.78 is 4.94. The van der Waals surface area contributed by atoms with Gasteiger partial charge in [-0.3, -0.25) is 0 Å². The van der Waals surface area contributed by atoms with Crippen molar-refractivity contribution in [2.24, 2.45) is 0 Å². The van der Waals surface area contributed by atoms with Crippen LogP contribution in [0.25, 0.3) is 176 Å². The molecule has 4 heteroatoms. The van der Waals surface area contributed by atoms with E-state index < -0.39 is 0 Å². The molecular formula is C109H72N4. The predicted octanol–water partition coefficient (Wildman–Crippen LogP) is 30.1. The van der Waals surface area contributed by atoms with Gasteiger partial charge in [0.1, 0.15) is 0 Å². The zero-order chi connectivity index (χ0) is 74.6. The Kier molecular flexibility index (Phi) is 14.4. The molecule has 113 heavy (non-hydrogen) atoms. The smallest absolute Gasteiger partial charge is 0.0548 e. The highest BCUT2D eigenvalue weighted by Gasteiger charge is 2.36. The fourth-order valence-electron chi connectivity index (χ4n) is 19.5. The van der Waals surface area contributed by atoms with Crippen molar-refractivity contribution in [3.63, 3.8) is 0 Å². The summed E-state index contributed by atoms with van der Waals surface area (Å²) in [6.07, 6.45) is 0. The lowest BCUT2D eigenvalue weighted by Gasteiger charge is -2.28. The number of hydrogen-bond donors (Lipinski definition) is 0. The minimum absolute atomic E-state index is 0.0750. The van der Waals surface area contributed by atoms with Crippen LogP contribution in [0.4, 0.5) is 34.1 Å². The normalized spacial score (nSPS) is 12.6. The molecule has 0 saturated carbocycles. The van der Waals surface area contributed by atoms with Gasteiger partial charge in [-0.25, -0.2) is 0 Å². The molecule has 0 fully saturated rings. The lowest BCUT2D eigenvalue weighted by atomic mass is 9.82. The van der Waals surface area contributed by atoms with Crippen LogP contribution in [-0.2, 0) is 5.41 Å². The predicted molar refractivity (Wildman–Crippen MR) is 478 cm³/mol. The molecule has 0 saturated heterocycles. The van der Waals surface area contributed by atoms with Gasteiger partial charge < -0.3 is 18.9 Å². The van der Waals surface area contributed by atoms with Gasteiger partial charge in [-0.1, -0.05) is 281 Å². The summed E-state index contributed by atoms with van der Waals surface area (Å²) in [6.45, 7) is 4.70. The van der Waals surface area contributed by atoms with E-state index in [2.05, 4.69) is 433 Å². The van der Waals surface area contributed by atoms with Gasteiger partial charge in [0.15, 0.2) is 0 Å². The van der Waals surface area contributed by atoms with E-state index in [4.69, 9.17) is 0 Å². The SMILES string of the molecule is CC1(C)c2ccccc2-c2ccc(N(c3ccccc3)c3ccc(-c4ccc(-n5c6cccc7c6c6c8c(cc9ccccc9c8ccc65)-c5ccccc5-7)cc4)cc3)cc21.c1ccc(N(c2ccccc2)c2ccc(-c3ccc(-n4c5cccc6c5c5c7c(cc8ccccc8c7ccc54)-c4ccccc4-6)cc3)cc2)cc1. The van der Waals surface area contributed by atoms with Crippen LogP contribution in [0.2, 0.25) is 0 Å². The van der Waals surface area contributed by atoms with Crippen LogP contribution in [0.1, 0.15) is 25.0 Å². The average Bonchev–Trinajstić information content (AvgIpc) is 1.55. The summed E-state index contributed by atoms with van der Waals surface area (Å²) in [5.74, 6) is 0. The van der Waals surface area contributed by atoms with Gasteiger partial charge in [0, 0.05) is 83.2 Å². The van der Waals surface area contributed by atoms with E-state index in [0.29, 0.717) is 0 Å². The zero-order valence-electron chi connectivity index (χ0n) is 62.4. The zero-order valence-corrected chi connectivity index (χ0v) is 62.4. The largest absolute Gasteiger partial charge is 0.311 e. The Morgan fingerprint density at radius 1 is 0.195 bits per heavy atom. The molecule has 0 spiro atoms. The number of aromatic nitrogens is 2. The molecule has 0 radical (unpaired) electrons. The van der Waals surface area contributed by atoms with Crippen LogP contribution in [0, 0.1) is 0 Å². The summed E-state index contributed by atoms with van der Waals surface area (Å²) >= 11 is 0. The van der Waals surface area contributed by atoms with E-state index in [9.17, 15) is 0 Å². The second-order valence-electron chi connectivity index (χ2n) is 31.0. The molecule has 4 nitrogen and oxygen atoms in total. The van der Waals surface area contributed by atoms with Crippen LogP contribution >= 0.6 is 0 Å². The second kappa shape index (κ2) is 25.2. The second-order valence-corrected chi connectivity index (χ2v) is 31.0. The van der Waals surface area contributed by atoms with Gasteiger partial charge >= 0.3 is 0 Å². The lowest BCUT2D eigenvalue weighted by molar-refractivity contribution is 0.660. The number of rotatable bonds is 10. The van der Waals surface area contributed by atoms with Crippen molar-refractivity contribution in [2.45, 2.75) is 19.3 Å². The fraction of sp³-hybridized carbons (Fsp3) is 0.0275. The highest BCUT2D eigenvalue weighted by molar-refractivity contribution is 6.35. The molecule has 0 amide bonds. The molecular weight excluding hydrogens is 1370 g/mol. The first-order valence-electron chi connectivity index (χ1n) is 39.3. The molecule has 2 heterocycles. The van der Waals surface area contributed by atoms with Gasteiger partial charge in [-0.15, -0.1) is 0 Å². The van der Waals surface area contributed by atoms with Crippen molar-refractivity contribution in [1.82, 2.24) is 9.13 Å². The summed E-state index contributed by atoms with van der Waals surface area (Å²) in [6, 6.07) is 147. The Morgan fingerprint density at radius 2 is 0.522 bits per heavy atom. The molecule has 21 aromatic rings. The Balaban J connectivity index is 0.000000136. The van der Waals surface area contributed by atoms with Crippen molar-refractivity contribution in [1.29, 1.82) is 0 Å². The molecule has 528 valence electrons. The van der Waals surface area contributed by atoms with Gasteiger partial charge in [-0.2, -0.15) is 0 Å². The summed E-state index contributed by atoms with van der Waals surface area (Å²) in [5, 5.41) is 15.8. The Bertz CT molecular complexity index is 7420. The molecule has 0 bridgehead atoms. The van der Waals surface area contributed by atoms with E-state index in [0.717, 1.165) is 45.5 Å². The number of para-hydroxylation sites is 3. The molecule has 2 aromatic heterocycles. The Morgan fingerprint density at radius 3 is 0.965 bits per heavy atom. The monoisotopic (exact) mass is 1440 g/mol. The van der Waals surface area contributed by atoms with Crippen LogP contribution in [-0.4, -0.2) is 9.13 Å². The highest BCUT2D eigenvalue weighted by Crippen LogP contribution is 2.55. The molecule has 0 N–H and O–H groups in total. The third-order valence-electron chi connectivity index (χ3n) is 24.6. The van der Waals surface area contributed by atoms with E-state index in [1.165, 1.54) is 176 Å². The van der Waals surface area contributed by atoms with E-state index >= 15 is 0 Å². The van der Waals surface area contributed by atoms with E-state index in [-0.39, 0.29) is 5.41 Å². The maximum absolute atomic E-state index is 2.47. The molecule has 24 rings (SSSR count). The number of anilines is 6. The minimum Gasteiger partial charge on any atom is -0.311 e. The number of hydrogen-bond acceptors (Lipinski definition) is 2. The number of benzene rings is 19. The van der Waals surface area contributed by atoms with Gasteiger partial charge in [-0.05, 0) is 255 Å². The van der Waals surface area contributed by atoms with Gasteiger partial charge in [0.25, 0.3) is 0 Å². The third kappa shape index (κ3) is 9.89. The van der Waals surface area contributed by atoms with E-state index in [1.807, 2.05) is 0 Å². The number of fused-ring (bicyclic) bond motifs is 13. The Labute approximate surface area is 655 Å². The van der Waals surface area contributed by atoms with Crippen LogP contribution in [0.3, 0.4) is 0 Å². The maximum atomic E-state index is 2.47. The van der Waals surface area contributed by atoms with E-state index in [1.54, 1.807) is 0 Å². The first kappa shape index (κ1) is 64.4. The van der Waals surface area contributed by atoms with Crippen LogP contribution < -0.4 is 9.80 Å². The third-order valence-corrected chi connectivity index (χ3v) is 24.6. The topological polar surface area (TPSA) is 16.3 Å². The standard InChI is InChI=1S/C59H40N2.C50H32N2/c1-59(2)52-21-11-10-19-47(52)48-32-31-43(36-53(48)59)60(40-14-4-3-5-15-40)41-27-23-37(24-28-41)38-25-29-42(30-26-38)61-54-22-12-20-49-45-17-8-9-18-46(45)51-35-39-13-6-7-16-44(39)50-33-34-55(61)58(56(50)51)57(49)54;1-3-13-36(14-4-1)51(37-15-5-2-6-16-37)38-26-22-33(23-27-38)34-24-28-39(29-25-34)52-46-21-11-20-43-41-18-9-10-19-42(41)45-32-35-12-7-8-17-40(35)44-30-31-47(52)50(48(44)45)49(43)46/h3-36H,1-2H3;1-32H. The maximum Gasteiger partial charge on any atom is 0.0548 e. The average molecular weight is 1440 g/mol. The number of nitrogens with zero attached hydrogens (tertiary/aromatic N) is 4.